The van der Waals surface area contributed by atoms with Crippen LogP contribution in [0.1, 0.15) is 25.0 Å². The molecule has 6 heteroatoms. The molecule has 0 saturated carbocycles. The maximum Gasteiger partial charge on any atom is 0.411 e. The van der Waals surface area contributed by atoms with Gasteiger partial charge < -0.3 is 14.8 Å². The molecule has 1 heterocycles. The van der Waals surface area contributed by atoms with E-state index in [0.29, 0.717) is 18.7 Å². The van der Waals surface area contributed by atoms with Crippen molar-refractivity contribution in [2.75, 3.05) is 23.8 Å². The quantitative estimate of drug-likeness (QED) is 0.728. The van der Waals surface area contributed by atoms with Crippen molar-refractivity contribution in [1.29, 1.82) is 0 Å². The lowest BCUT2D eigenvalue weighted by molar-refractivity contribution is -0.118. The van der Waals surface area contributed by atoms with Crippen LogP contribution in [0.3, 0.4) is 0 Å². The summed E-state index contributed by atoms with van der Waals surface area (Å²) in [6.07, 6.45) is 0.248. The molecule has 1 unspecified atom stereocenters. The van der Waals surface area contributed by atoms with Crippen molar-refractivity contribution < 1.29 is 19.1 Å². The first-order chi connectivity index (χ1) is 13.0. The Kier molecular flexibility index (Phi) is 6.08. The predicted molar refractivity (Wildman–Crippen MR) is 104 cm³/mol. The zero-order valence-electron chi connectivity index (χ0n) is 15.5. The van der Waals surface area contributed by atoms with Crippen molar-refractivity contribution in [3.8, 4) is 0 Å². The first-order valence-electron chi connectivity index (χ1n) is 9.04. The second-order valence-corrected chi connectivity index (χ2v) is 6.90. The number of hydrogen-bond donors (Lipinski definition) is 2. The van der Waals surface area contributed by atoms with Crippen LogP contribution in [-0.4, -0.2) is 31.3 Å². The molecule has 1 fully saturated rings. The fraction of sp³-hybridized carbons (Fsp3) is 0.333. The molecule has 1 aliphatic heterocycles. The van der Waals surface area contributed by atoms with E-state index in [0.717, 1.165) is 16.8 Å². The summed E-state index contributed by atoms with van der Waals surface area (Å²) in [4.78, 5) is 23.6. The summed E-state index contributed by atoms with van der Waals surface area (Å²) in [5.41, 5.74) is 3.58. The Morgan fingerprint density at radius 3 is 2.22 bits per heavy atom. The van der Waals surface area contributed by atoms with Crippen LogP contribution in [-0.2, 0) is 20.7 Å². The molecule has 0 spiro atoms. The first-order valence-corrected chi connectivity index (χ1v) is 9.04. The molecule has 3 rings (SSSR count). The standard InChI is InChI=1S/C21H24N2O4/c1-14(2)20(24)22-17-7-3-5-15(10-17)9-16-6-4-8-18(11-16)23-21(25)27-13-19-12-26-19/h3-8,10-11,14,19H,9,12-13H2,1-2H3,(H,22,24)(H,23,25). The first kappa shape index (κ1) is 18.9. The lowest BCUT2D eigenvalue weighted by atomic mass is 10.0. The van der Waals surface area contributed by atoms with E-state index >= 15 is 0 Å². The number of epoxide rings is 1. The van der Waals surface area contributed by atoms with E-state index in [1.165, 1.54) is 0 Å². The van der Waals surface area contributed by atoms with E-state index in [-0.39, 0.29) is 24.5 Å². The average molecular weight is 368 g/mol. The topological polar surface area (TPSA) is 80.0 Å². The minimum Gasteiger partial charge on any atom is -0.446 e. The van der Waals surface area contributed by atoms with Gasteiger partial charge in [-0.25, -0.2) is 4.79 Å². The highest BCUT2D eigenvalue weighted by Crippen LogP contribution is 2.18. The number of anilines is 2. The largest absolute Gasteiger partial charge is 0.446 e. The van der Waals surface area contributed by atoms with Crippen LogP contribution in [0.2, 0.25) is 0 Å². The Labute approximate surface area is 158 Å². The summed E-state index contributed by atoms with van der Waals surface area (Å²) < 4.78 is 10.1. The molecule has 0 radical (unpaired) electrons. The lowest BCUT2D eigenvalue weighted by Gasteiger charge is -2.10. The van der Waals surface area contributed by atoms with Gasteiger partial charge in [0, 0.05) is 17.3 Å². The van der Waals surface area contributed by atoms with E-state index in [9.17, 15) is 9.59 Å². The van der Waals surface area contributed by atoms with Crippen LogP contribution in [0.4, 0.5) is 16.2 Å². The number of benzene rings is 2. The minimum absolute atomic E-state index is 0.00606. The van der Waals surface area contributed by atoms with Crippen molar-refractivity contribution in [1.82, 2.24) is 0 Å². The molecule has 2 aromatic carbocycles. The van der Waals surface area contributed by atoms with Gasteiger partial charge in [-0.2, -0.15) is 0 Å². The highest BCUT2D eigenvalue weighted by Gasteiger charge is 2.24. The highest BCUT2D eigenvalue weighted by molar-refractivity contribution is 5.92. The van der Waals surface area contributed by atoms with Gasteiger partial charge in [-0.3, -0.25) is 10.1 Å². The number of amides is 2. The van der Waals surface area contributed by atoms with Crippen molar-refractivity contribution in [3.05, 3.63) is 59.7 Å². The Hall–Kier alpha value is -2.86. The van der Waals surface area contributed by atoms with Gasteiger partial charge in [0.2, 0.25) is 5.91 Å². The SMILES string of the molecule is CC(C)C(=O)Nc1cccc(Cc2cccc(NC(=O)OCC3CO3)c2)c1. The van der Waals surface area contributed by atoms with Crippen molar-refractivity contribution in [2.24, 2.45) is 5.92 Å². The van der Waals surface area contributed by atoms with Gasteiger partial charge in [0.25, 0.3) is 0 Å². The third-order valence-electron chi connectivity index (χ3n) is 4.10. The van der Waals surface area contributed by atoms with Crippen LogP contribution in [0, 0.1) is 5.92 Å². The lowest BCUT2D eigenvalue weighted by Crippen LogP contribution is -2.17. The van der Waals surface area contributed by atoms with Gasteiger partial charge >= 0.3 is 6.09 Å². The Morgan fingerprint density at radius 2 is 1.67 bits per heavy atom. The summed E-state index contributed by atoms with van der Waals surface area (Å²) in [6.45, 7) is 4.65. The van der Waals surface area contributed by atoms with Gasteiger partial charge in [-0.05, 0) is 41.8 Å². The second-order valence-electron chi connectivity index (χ2n) is 6.90. The smallest absolute Gasteiger partial charge is 0.411 e. The van der Waals surface area contributed by atoms with Gasteiger partial charge in [0.15, 0.2) is 0 Å². The molecule has 2 amide bonds. The highest BCUT2D eigenvalue weighted by atomic mass is 16.6. The zero-order valence-corrected chi connectivity index (χ0v) is 15.5. The molecule has 27 heavy (non-hydrogen) atoms. The van der Waals surface area contributed by atoms with E-state index in [4.69, 9.17) is 9.47 Å². The normalized spacial score (nSPS) is 15.3. The third-order valence-corrected chi connectivity index (χ3v) is 4.10. The van der Waals surface area contributed by atoms with Crippen LogP contribution < -0.4 is 10.6 Å². The number of ether oxygens (including phenoxy) is 2. The molecule has 0 bridgehead atoms. The molecule has 6 nitrogen and oxygen atoms in total. The Bertz CT molecular complexity index is 815. The summed E-state index contributed by atoms with van der Waals surface area (Å²) in [5.74, 6) is -0.0731. The minimum atomic E-state index is -0.485. The van der Waals surface area contributed by atoms with Gasteiger partial charge in [-0.1, -0.05) is 38.1 Å². The second kappa shape index (κ2) is 8.68. The average Bonchev–Trinajstić information content (AvgIpc) is 3.45. The maximum absolute atomic E-state index is 11.9. The summed E-state index contributed by atoms with van der Waals surface area (Å²) >= 11 is 0. The summed E-state index contributed by atoms with van der Waals surface area (Å²) in [6, 6.07) is 15.4. The Balaban J connectivity index is 1.60. The van der Waals surface area contributed by atoms with Crippen LogP contribution in [0.15, 0.2) is 48.5 Å². The molecule has 1 aliphatic rings. The number of hydrogen-bond acceptors (Lipinski definition) is 4. The summed E-state index contributed by atoms with van der Waals surface area (Å²) in [5, 5.41) is 5.64. The number of nitrogens with one attached hydrogen (secondary N) is 2. The molecule has 2 N–H and O–H groups in total. The molecule has 142 valence electrons. The van der Waals surface area contributed by atoms with E-state index in [1.54, 1.807) is 0 Å². The number of carbonyl (C=O) groups excluding carboxylic acids is 2. The van der Waals surface area contributed by atoms with Crippen molar-refractivity contribution >= 4 is 23.4 Å². The van der Waals surface area contributed by atoms with E-state index < -0.39 is 6.09 Å². The fourth-order valence-corrected chi connectivity index (χ4v) is 2.53. The van der Waals surface area contributed by atoms with Crippen molar-refractivity contribution in [2.45, 2.75) is 26.4 Å². The molecule has 0 aliphatic carbocycles. The molecular weight excluding hydrogens is 344 g/mol. The Morgan fingerprint density at radius 1 is 1.07 bits per heavy atom. The fourth-order valence-electron chi connectivity index (χ4n) is 2.53. The molecule has 0 aromatic heterocycles. The number of carbonyl (C=O) groups is 2. The third kappa shape index (κ3) is 6.11. The number of rotatable bonds is 7. The van der Waals surface area contributed by atoms with Crippen LogP contribution in [0.25, 0.3) is 0 Å². The zero-order chi connectivity index (χ0) is 19.2. The van der Waals surface area contributed by atoms with Crippen LogP contribution in [0.5, 0.6) is 0 Å². The monoisotopic (exact) mass is 368 g/mol. The summed E-state index contributed by atoms with van der Waals surface area (Å²) in [7, 11) is 0. The molecular formula is C21H24N2O4. The predicted octanol–water partition coefficient (Wildman–Crippen LogP) is 3.82. The van der Waals surface area contributed by atoms with E-state index in [2.05, 4.69) is 10.6 Å². The van der Waals surface area contributed by atoms with Gasteiger partial charge in [0.05, 0.1) is 6.61 Å². The molecule has 1 atom stereocenters. The van der Waals surface area contributed by atoms with Crippen LogP contribution >= 0.6 is 0 Å². The molecule has 1 saturated heterocycles. The van der Waals surface area contributed by atoms with Gasteiger partial charge in [0.1, 0.15) is 12.7 Å². The van der Waals surface area contributed by atoms with Gasteiger partial charge in [-0.15, -0.1) is 0 Å². The molecule has 2 aromatic rings. The van der Waals surface area contributed by atoms with E-state index in [1.807, 2.05) is 62.4 Å². The van der Waals surface area contributed by atoms with Crippen molar-refractivity contribution in [3.63, 3.8) is 0 Å². The maximum atomic E-state index is 11.9.